The highest BCUT2D eigenvalue weighted by Crippen LogP contribution is 2.08. The first-order valence-electron chi connectivity index (χ1n) is 6.14. The Bertz CT molecular complexity index is 382. The van der Waals surface area contributed by atoms with E-state index < -0.39 is 10.8 Å². The highest BCUT2D eigenvalue weighted by molar-refractivity contribution is 7.85. The second kappa shape index (κ2) is 7.38. The zero-order chi connectivity index (χ0) is 12.7. The van der Waals surface area contributed by atoms with Crippen molar-refractivity contribution in [2.24, 2.45) is 0 Å². The minimum absolute atomic E-state index is 0.0140. The first-order chi connectivity index (χ1) is 8.17. The Balaban J connectivity index is 2.60. The average Bonchev–Trinajstić information content (AvgIpc) is 2.30. The number of carbonyl (C=O) groups is 1. The van der Waals surface area contributed by atoms with Crippen LogP contribution in [0.5, 0.6) is 0 Å². The highest BCUT2D eigenvalue weighted by Gasteiger charge is 2.09. The van der Waals surface area contributed by atoms with Gasteiger partial charge < -0.3 is 0 Å². The topological polar surface area (TPSA) is 34.1 Å². The normalized spacial score (nSPS) is 12.4. The van der Waals surface area contributed by atoms with Gasteiger partial charge in [-0.25, -0.2) is 0 Å². The number of benzene rings is 1. The summed E-state index contributed by atoms with van der Waals surface area (Å²) in [6.07, 6.45) is 3.00. The van der Waals surface area contributed by atoms with E-state index in [1.807, 2.05) is 31.2 Å². The van der Waals surface area contributed by atoms with Crippen LogP contribution in [0.15, 0.2) is 24.3 Å². The first-order valence-corrected chi connectivity index (χ1v) is 7.63. The van der Waals surface area contributed by atoms with E-state index in [-0.39, 0.29) is 11.5 Å². The van der Waals surface area contributed by atoms with E-state index in [4.69, 9.17) is 0 Å². The number of hydrogen-bond acceptors (Lipinski definition) is 2. The molecule has 0 fully saturated rings. The average molecular weight is 252 g/mol. The molecular formula is C14H20O2S. The molecule has 0 bridgehead atoms. The molecule has 0 aliphatic carbocycles. The van der Waals surface area contributed by atoms with Gasteiger partial charge >= 0.3 is 0 Å². The highest BCUT2D eigenvalue weighted by atomic mass is 32.2. The summed E-state index contributed by atoms with van der Waals surface area (Å²) in [5.41, 5.74) is 1.92. The minimum atomic E-state index is -1.01. The number of aryl methyl sites for hydroxylation is 1. The monoisotopic (exact) mass is 252 g/mol. The van der Waals surface area contributed by atoms with Crippen LogP contribution in [0, 0.1) is 0 Å². The van der Waals surface area contributed by atoms with Crippen molar-refractivity contribution in [3.8, 4) is 0 Å². The van der Waals surface area contributed by atoms with Gasteiger partial charge in [-0.15, -0.1) is 0 Å². The SMILES string of the molecule is CCCc1ccc(C(=O)CS(=O)CCC)cc1. The van der Waals surface area contributed by atoms with E-state index in [1.165, 1.54) is 5.56 Å². The van der Waals surface area contributed by atoms with Crippen molar-refractivity contribution in [2.45, 2.75) is 33.1 Å². The zero-order valence-electron chi connectivity index (χ0n) is 10.6. The molecule has 0 heterocycles. The number of ketones is 1. The van der Waals surface area contributed by atoms with Gasteiger partial charge in [-0.1, -0.05) is 44.5 Å². The molecule has 1 aromatic rings. The summed E-state index contributed by atoms with van der Waals surface area (Å²) in [6.45, 7) is 4.11. The van der Waals surface area contributed by atoms with Gasteiger partial charge in [0.05, 0.1) is 5.75 Å². The van der Waals surface area contributed by atoms with E-state index in [1.54, 1.807) is 0 Å². The Morgan fingerprint density at radius 1 is 1.12 bits per heavy atom. The lowest BCUT2D eigenvalue weighted by molar-refractivity contribution is 0.102. The van der Waals surface area contributed by atoms with Crippen molar-refractivity contribution in [2.75, 3.05) is 11.5 Å². The van der Waals surface area contributed by atoms with E-state index >= 15 is 0 Å². The van der Waals surface area contributed by atoms with Crippen molar-refractivity contribution in [1.29, 1.82) is 0 Å². The van der Waals surface area contributed by atoms with Crippen LogP contribution in [0.4, 0.5) is 0 Å². The maximum absolute atomic E-state index is 11.8. The first kappa shape index (κ1) is 14.1. The maximum atomic E-state index is 11.8. The lowest BCUT2D eigenvalue weighted by atomic mass is 10.1. The molecule has 1 aromatic carbocycles. The van der Waals surface area contributed by atoms with Gasteiger partial charge in [-0.05, 0) is 18.4 Å². The van der Waals surface area contributed by atoms with Gasteiger partial charge in [0, 0.05) is 22.1 Å². The fraction of sp³-hybridized carbons (Fsp3) is 0.500. The van der Waals surface area contributed by atoms with Gasteiger partial charge in [-0.3, -0.25) is 9.00 Å². The van der Waals surface area contributed by atoms with Crippen molar-refractivity contribution < 1.29 is 9.00 Å². The van der Waals surface area contributed by atoms with Crippen LogP contribution in [-0.4, -0.2) is 21.5 Å². The smallest absolute Gasteiger partial charge is 0.175 e. The van der Waals surface area contributed by atoms with E-state index in [0.29, 0.717) is 11.3 Å². The molecule has 0 spiro atoms. The molecule has 1 rings (SSSR count). The van der Waals surface area contributed by atoms with Crippen LogP contribution < -0.4 is 0 Å². The Kier molecular flexibility index (Phi) is 6.12. The Morgan fingerprint density at radius 3 is 2.29 bits per heavy atom. The molecule has 1 unspecified atom stereocenters. The van der Waals surface area contributed by atoms with Gasteiger partial charge in [0.15, 0.2) is 5.78 Å². The van der Waals surface area contributed by atoms with Crippen molar-refractivity contribution in [3.63, 3.8) is 0 Å². The maximum Gasteiger partial charge on any atom is 0.175 e. The molecule has 3 heteroatoms. The third kappa shape index (κ3) is 4.82. The Hall–Kier alpha value is -0.960. The molecule has 0 aromatic heterocycles. The second-order valence-corrected chi connectivity index (χ2v) is 5.73. The molecule has 0 aliphatic rings. The molecule has 1 atom stereocenters. The minimum Gasteiger partial charge on any atom is -0.293 e. The number of rotatable bonds is 7. The molecule has 2 nitrogen and oxygen atoms in total. The second-order valence-electron chi connectivity index (χ2n) is 4.16. The summed E-state index contributed by atoms with van der Waals surface area (Å²) in [6, 6.07) is 7.66. The Labute approximate surface area is 106 Å². The standard InChI is InChI=1S/C14H20O2S/c1-3-5-12-6-8-13(9-7-12)14(15)11-17(16)10-4-2/h6-9H,3-5,10-11H2,1-2H3. The molecule has 17 heavy (non-hydrogen) atoms. The van der Waals surface area contributed by atoms with Crippen LogP contribution in [-0.2, 0) is 17.2 Å². The van der Waals surface area contributed by atoms with Crippen LogP contribution in [0.25, 0.3) is 0 Å². The number of Topliss-reactive ketones (excluding diaryl/α,β-unsaturated/α-hetero) is 1. The van der Waals surface area contributed by atoms with E-state index in [2.05, 4.69) is 6.92 Å². The lowest BCUT2D eigenvalue weighted by Crippen LogP contribution is -2.13. The van der Waals surface area contributed by atoms with E-state index in [0.717, 1.165) is 19.3 Å². The molecule has 94 valence electrons. The quantitative estimate of drug-likeness (QED) is 0.699. The van der Waals surface area contributed by atoms with E-state index in [9.17, 15) is 9.00 Å². The van der Waals surface area contributed by atoms with Gasteiger partial charge in [0.2, 0.25) is 0 Å². The van der Waals surface area contributed by atoms with Crippen LogP contribution >= 0.6 is 0 Å². The van der Waals surface area contributed by atoms with Gasteiger partial charge in [0.25, 0.3) is 0 Å². The predicted molar refractivity (Wildman–Crippen MR) is 72.9 cm³/mol. The number of hydrogen-bond donors (Lipinski definition) is 0. The van der Waals surface area contributed by atoms with Crippen molar-refractivity contribution in [3.05, 3.63) is 35.4 Å². The third-order valence-electron chi connectivity index (χ3n) is 2.54. The molecule has 0 aliphatic heterocycles. The molecule has 0 saturated heterocycles. The third-order valence-corrected chi connectivity index (χ3v) is 3.99. The lowest BCUT2D eigenvalue weighted by Gasteiger charge is -2.03. The van der Waals surface area contributed by atoms with Crippen LogP contribution in [0.3, 0.4) is 0 Å². The predicted octanol–water partition coefficient (Wildman–Crippen LogP) is 2.98. The van der Waals surface area contributed by atoms with Gasteiger partial charge in [0.1, 0.15) is 0 Å². The molecule has 0 amide bonds. The van der Waals surface area contributed by atoms with Crippen molar-refractivity contribution in [1.82, 2.24) is 0 Å². The van der Waals surface area contributed by atoms with Crippen molar-refractivity contribution >= 4 is 16.6 Å². The molecule has 0 radical (unpaired) electrons. The van der Waals surface area contributed by atoms with Crippen LogP contribution in [0.2, 0.25) is 0 Å². The van der Waals surface area contributed by atoms with Gasteiger partial charge in [-0.2, -0.15) is 0 Å². The molecule has 0 N–H and O–H groups in total. The largest absolute Gasteiger partial charge is 0.293 e. The Morgan fingerprint density at radius 2 is 1.76 bits per heavy atom. The van der Waals surface area contributed by atoms with Crippen LogP contribution in [0.1, 0.15) is 42.6 Å². The summed E-state index contributed by atoms with van der Waals surface area (Å²) >= 11 is 0. The summed E-state index contributed by atoms with van der Waals surface area (Å²) in [5, 5.41) is 0. The zero-order valence-corrected chi connectivity index (χ0v) is 11.4. The summed E-state index contributed by atoms with van der Waals surface area (Å²) < 4.78 is 11.5. The summed E-state index contributed by atoms with van der Waals surface area (Å²) in [5.74, 6) is 0.750. The fourth-order valence-corrected chi connectivity index (χ4v) is 2.73. The molecule has 0 saturated carbocycles. The molecular weight excluding hydrogens is 232 g/mol. The number of carbonyl (C=O) groups excluding carboxylic acids is 1. The fourth-order valence-electron chi connectivity index (χ4n) is 1.68. The summed E-state index contributed by atoms with van der Waals surface area (Å²) in [4.78, 5) is 11.8. The summed E-state index contributed by atoms with van der Waals surface area (Å²) in [7, 11) is -1.01.